The number of carbonyl (C=O) groups excluding carboxylic acids is 3. The van der Waals surface area contributed by atoms with Crippen LogP contribution < -0.4 is 17.0 Å². The molecule has 63 heavy (non-hydrogen) atoms. The number of hydrogen-bond donors (Lipinski definition) is 1. The molecule has 2 fully saturated rings. The van der Waals surface area contributed by atoms with E-state index < -0.39 is 5.60 Å². The summed E-state index contributed by atoms with van der Waals surface area (Å²) in [5.41, 5.74) is 4.20. The molecule has 9 nitrogen and oxygen atoms in total. The summed E-state index contributed by atoms with van der Waals surface area (Å²) in [6.45, 7) is 14.9. The Morgan fingerprint density at radius 2 is 1.10 bits per heavy atom. The van der Waals surface area contributed by atoms with E-state index in [2.05, 4.69) is 9.80 Å². The Morgan fingerprint density at radius 3 is 1.51 bits per heavy atom. The third-order valence-electron chi connectivity index (χ3n) is 12.1. The van der Waals surface area contributed by atoms with Crippen molar-refractivity contribution in [3.05, 3.63) is 150 Å². The van der Waals surface area contributed by atoms with Crippen molar-refractivity contribution in [2.75, 3.05) is 65.6 Å². The van der Waals surface area contributed by atoms with Crippen LogP contribution in [0.4, 0.5) is 8.78 Å². The average Bonchev–Trinajstić information content (AvgIpc) is 3.74. The van der Waals surface area contributed by atoms with Crippen molar-refractivity contribution in [3.8, 4) is 0 Å². The molecule has 0 bridgehead atoms. The SMILES string of the molecule is CC(O)(CN1CCC(CN2Cc3ccccc3C2=O)CC1)c1ccc(F)cc1.CCOCC.O=C(CN1CCC(CN2Cc3ccccc3C2=O)CC1)c1ccc(F)cc1.[Br-].[CH3-].[Mg+2]. The maximum absolute atomic E-state index is 13.1. The molecule has 0 aliphatic carbocycles. The van der Waals surface area contributed by atoms with Crippen molar-refractivity contribution in [3.63, 3.8) is 0 Å². The minimum Gasteiger partial charge on any atom is -1.00 e. The first-order chi connectivity index (χ1) is 28.9. The standard InChI is InChI=1S/C23H27FN2O2.C22H23FN2O2.C4H10O.CH3.BrH.Mg/c1-23(28,19-6-8-20(24)9-7-19)16-25-12-10-17(11-13-25)14-26-15-18-4-2-3-5-21(18)22(26)27;23-19-7-5-17(6-8-19)21(26)15-24-11-9-16(10-12-24)13-25-14-18-3-1-2-4-20(18)22(25)27;1-3-5-4-2;;;/h2-9,17,28H,10-16H2,1H3;1-8,16H,9-15H2;3-4H2,1-2H3;1H3;1H;/q;;;-1;;+2/p-1. The summed E-state index contributed by atoms with van der Waals surface area (Å²) in [5, 5.41) is 10.8. The summed E-state index contributed by atoms with van der Waals surface area (Å²) in [6, 6.07) is 27.5. The Labute approximate surface area is 400 Å². The van der Waals surface area contributed by atoms with Crippen molar-refractivity contribution in [1.29, 1.82) is 0 Å². The first-order valence-corrected chi connectivity index (χ1v) is 21.5. The summed E-state index contributed by atoms with van der Waals surface area (Å²) in [4.78, 5) is 45.7. The summed E-state index contributed by atoms with van der Waals surface area (Å²) in [7, 11) is 0. The zero-order valence-electron chi connectivity index (χ0n) is 37.4. The van der Waals surface area contributed by atoms with Gasteiger partial charge >= 0.3 is 23.1 Å². The summed E-state index contributed by atoms with van der Waals surface area (Å²) in [5.74, 6) is 0.658. The molecule has 4 heterocycles. The van der Waals surface area contributed by atoms with Crippen molar-refractivity contribution >= 4 is 40.7 Å². The second kappa shape index (κ2) is 25.8. The van der Waals surface area contributed by atoms with E-state index in [1.165, 1.54) is 24.3 Å². The summed E-state index contributed by atoms with van der Waals surface area (Å²) < 4.78 is 31.0. The number of likely N-dealkylation sites (tertiary alicyclic amines) is 2. The van der Waals surface area contributed by atoms with Gasteiger partial charge < -0.3 is 49.0 Å². The number of rotatable bonds is 12. The molecular weight excluding hydrogens is 879 g/mol. The fourth-order valence-corrected chi connectivity index (χ4v) is 8.67. The molecule has 1 atom stereocenters. The number of nitrogens with zero attached hydrogens (tertiary/aromatic N) is 4. The third-order valence-corrected chi connectivity index (χ3v) is 12.1. The first-order valence-electron chi connectivity index (χ1n) is 21.5. The van der Waals surface area contributed by atoms with Crippen LogP contribution in [0.25, 0.3) is 0 Å². The van der Waals surface area contributed by atoms with Gasteiger partial charge in [-0.15, -0.1) is 0 Å². The molecule has 1 unspecified atom stereocenters. The van der Waals surface area contributed by atoms with Gasteiger partial charge in [0, 0.05) is 62.6 Å². The van der Waals surface area contributed by atoms with E-state index in [4.69, 9.17) is 4.74 Å². The number of amides is 2. The zero-order chi connectivity index (χ0) is 42.6. The molecule has 4 aromatic rings. The van der Waals surface area contributed by atoms with Gasteiger partial charge in [0.15, 0.2) is 5.78 Å². The van der Waals surface area contributed by atoms with E-state index in [9.17, 15) is 28.3 Å². The normalized spacial score (nSPS) is 17.4. The van der Waals surface area contributed by atoms with E-state index >= 15 is 0 Å². The van der Waals surface area contributed by atoms with Crippen LogP contribution in [0, 0.1) is 30.9 Å². The second-order valence-corrected chi connectivity index (χ2v) is 16.6. The van der Waals surface area contributed by atoms with Crippen LogP contribution in [0.1, 0.15) is 94.2 Å². The van der Waals surface area contributed by atoms with Crippen molar-refractivity contribution in [2.24, 2.45) is 11.8 Å². The van der Waals surface area contributed by atoms with Crippen molar-refractivity contribution < 1.29 is 50.0 Å². The Morgan fingerprint density at radius 1 is 0.683 bits per heavy atom. The van der Waals surface area contributed by atoms with Gasteiger partial charge in [-0.3, -0.25) is 19.3 Å². The van der Waals surface area contributed by atoms with Crippen LogP contribution in [0.15, 0.2) is 97.1 Å². The number of β-amino-alcohol motifs (C(OH)–C–C–N with tert-alkyl or cyclic N) is 1. The molecule has 2 saturated heterocycles. The minimum atomic E-state index is -1.01. The second-order valence-electron chi connectivity index (χ2n) is 16.6. The molecule has 1 N–H and O–H groups in total. The molecule has 13 heteroatoms. The Hall–Kier alpha value is -3.56. The average molecular weight is 942 g/mol. The fraction of sp³-hybridized carbons (Fsp3) is 0.440. The quantitative estimate of drug-likeness (QED) is 0.123. The van der Waals surface area contributed by atoms with Gasteiger partial charge in [0.25, 0.3) is 11.8 Å². The number of halogens is 3. The van der Waals surface area contributed by atoms with Crippen LogP contribution in [0.2, 0.25) is 0 Å². The molecule has 0 saturated carbocycles. The molecule has 2 amide bonds. The maximum atomic E-state index is 13.1. The smallest absolute Gasteiger partial charge is 1.00 e. The first kappa shape index (κ1) is 53.8. The van der Waals surface area contributed by atoms with Crippen LogP contribution in [-0.4, -0.2) is 131 Å². The number of aliphatic hydroxyl groups is 1. The molecule has 4 aliphatic heterocycles. The van der Waals surface area contributed by atoms with Crippen molar-refractivity contribution in [1.82, 2.24) is 19.6 Å². The van der Waals surface area contributed by atoms with Gasteiger partial charge in [-0.05, 0) is 150 Å². The van der Waals surface area contributed by atoms with E-state index in [0.717, 1.165) is 106 Å². The molecule has 8 rings (SSSR count). The Kier molecular flexibility index (Phi) is 22.0. The predicted molar refractivity (Wildman–Crippen MR) is 242 cm³/mol. The van der Waals surface area contributed by atoms with Gasteiger partial charge in [0.05, 0.1) is 12.1 Å². The van der Waals surface area contributed by atoms with E-state index in [0.29, 0.717) is 43.6 Å². The maximum Gasteiger partial charge on any atom is 2.00 e. The molecule has 4 aliphatic rings. The molecule has 4 aromatic carbocycles. The van der Waals surface area contributed by atoms with Gasteiger partial charge in [-0.2, -0.15) is 0 Å². The van der Waals surface area contributed by atoms with Gasteiger partial charge in [0.1, 0.15) is 11.6 Å². The van der Waals surface area contributed by atoms with Gasteiger partial charge in [0.2, 0.25) is 0 Å². The minimum absolute atomic E-state index is 0. The topological polar surface area (TPSA) is 93.6 Å². The molecule has 0 aromatic heterocycles. The van der Waals surface area contributed by atoms with E-state index in [1.807, 2.05) is 72.2 Å². The summed E-state index contributed by atoms with van der Waals surface area (Å²) >= 11 is 0. The van der Waals surface area contributed by atoms with Gasteiger partial charge in [-0.25, -0.2) is 8.78 Å². The van der Waals surface area contributed by atoms with Crippen LogP contribution in [0.3, 0.4) is 0 Å². The predicted octanol–water partition coefficient (Wildman–Crippen LogP) is 4.89. The fourth-order valence-electron chi connectivity index (χ4n) is 8.67. The largest absolute Gasteiger partial charge is 2.00 e. The van der Waals surface area contributed by atoms with Crippen LogP contribution in [0.5, 0.6) is 0 Å². The number of Topliss-reactive ketones (excluding diaryl/α,β-unsaturated/α-hetero) is 1. The van der Waals surface area contributed by atoms with E-state index in [1.54, 1.807) is 31.2 Å². The number of ketones is 1. The Bertz CT molecular complexity index is 2040. The number of benzene rings is 4. The molecule has 336 valence electrons. The molecule has 0 radical (unpaired) electrons. The number of fused-ring (bicyclic) bond motifs is 2. The zero-order valence-corrected chi connectivity index (χ0v) is 40.4. The van der Waals surface area contributed by atoms with Crippen LogP contribution in [-0.2, 0) is 23.4 Å². The third kappa shape index (κ3) is 15.0. The summed E-state index contributed by atoms with van der Waals surface area (Å²) in [6.07, 6.45) is 3.99. The monoisotopic (exact) mass is 940 g/mol. The van der Waals surface area contributed by atoms with Crippen LogP contribution >= 0.6 is 0 Å². The number of piperidine rings is 2. The Balaban J connectivity index is 0.000000291. The van der Waals surface area contributed by atoms with Gasteiger partial charge in [-0.1, -0.05) is 48.5 Å². The number of carbonyl (C=O) groups is 3. The number of hydrogen-bond acceptors (Lipinski definition) is 7. The molecule has 0 spiro atoms. The molecular formula is C50H63BrF2MgN4O5. The van der Waals surface area contributed by atoms with Crippen molar-refractivity contribution in [2.45, 2.75) is 65.1 Å². The van der Waals surface area contributed by atoms with E-state index in [-0.39, 0.29) is 76.7 Å². The number of ether oxygens (including phenoxy) is 1.